The van der Waals surface area contributed by atoms with Crippen LogP contribution in [0.15, 0.2) is 5.51 Å². The third-order valence-electron chi connectivity index (χ3n) is 2.97. The zero-order valence-corrected chi connectivity index (χ0v) is 12.7. The van der Waals surface area contributed by atoms with E-state index in [4.69, 9.17) is 4.74 Å². The van der Waals surface area contributed by atoms with Gasteiger partial charge in [0.2, 0.25) is 0 Å². The van der Waals surface area contributed by atoms with Gasteiger partial charge in [-0.1, -0.05) is 6.92 Å². The number of aromatic nitrogens is 1. The van der Waals surface area contributed by atoms with Gasteiger partial charge in [-0.3, -0.25) is 0 Å². The Hall–Kier alpha value is -0.450. The molecular weight excluding hydrogens is 244 g/mol. The number of nitrogens with one attached hydrogen (secondary N) is 1. The maximum atomic E-state index is 5.83. The van der Waals surface area contributed by atoms with Crippen molar-refractivity contribution < 1.29 is 4.74 Å². The summed E-state index contributed by atoms with van der Waals surface area (Å²) in [6.45, 7) is 9.47. The van der Waals surface area contributed by atoms with Crippen LogP contribution in [0.2, 0.25) is 0 Å². The minimum atomic E-state index is 0.363. The second-order valence-electron chi connectivity index (χ2n) is 4.68. The first kappa shape index (κ1) is 15.6. The number of hydrogen-bond donors (Lipinski definition) is 1. The average Bonchev–Trinajstić information content (AvgIpc) is 2.75. The molecule has 1 aromatic rings. The van der Waals surface area contributed by atoms with Crippen molar-refractivity contribution in [3.05, 3.63) is 16.1 Å². The van der Waals surface area contributed by atoms with Crippen LogP contribution in [-0.4, -0.2) is 30.8 Å². The lowest BCUT2D eigenvalue weighted by molar-refractivity contribution is 0.0614. The largest absolute Gasteiger partial charge is 0.378 e. The minimum absolute atomic E-state index is 0.363. The molecule has 0 spiro atoms. The Balaban J connectivity index is 2.00. The van der Waals surface area contributed by atoms with Crippen LogP contribution in [0.4, 0.5) is 0 Å². The number of aryl methyl sites for hydroxylation is 1. The third-order valence-corrected chi connectivity index (χ3v) is 3.96. The first-order valence-electron chi connectivity index (χ1n) is 6.95. The molecule has 0 aliphatic heterocycles. The van der Waals surface area contributed by atoms with Gasteiger partial charge < -0.3 is 10.1 Å². The van der Waals surface area contributed by atoms with Gasteiger partial charge in [0.25, 0.3) is 0 Å². The van der Waals surface area contributed by atoms with Crippen molar-refractivity contribution >= 4 is 11.3 Å². The molecule has 1 atom stereocenters. The second kappa shape index (κ2) is 9.48. The van der Waals surface area contributed by atoms with Gasteiger partial charge in [-0.25, -0.2) is 4.98 Å². The van der Waals surface area contributed by atoms with Crippen LogP contribution in [0, 0.1) is 6.92 Å². The summed E-state index contributed by atoms with van der Waals surface area (Å²) in [5.74, 6) is 0. The van der Waals surface area contributed by atoms with E-state index in [1.807, 2.05) is 5.51 Å². The molecule has 0 aromatic carbocycles. The van der Waals surface area contributed by atoms with Crippen molar-refractivity contribution in [3.63, 3.8) is 0 Å². The fourth-order valence-corrected chi connectivity index (χ4v) is 2.58. The van der Waals surface area contributed by atoms with E-state index in [1.165, 1.54) is 17.7 Å². The normalized spacial score (nSPS) is 12.8. The molecule has 1 rings (SSSR count). The van der Waals surface area contributed by atoms with E-state index in [9.17, 15) is 0 Å². The smallest absolute Gasteiger partial charge is 0.0797 e. The molecule has 1 unspecified atom stereocenters. The van der Waals surface area contributed by atoms with Crippen LogP contribution >= 0.6 is 11.3 Å². The molecule has 0 amide bonds. The van der Waals surface area contributed by atoms with Crippen molar-refractivity contribution in [1.82, 2.24) is 10.3 Å². The van der Waals surface area contributed by atoms with E-state index in [-0.39, 0.29) is 0 Å². The van der Waals surface area contributed by atoms with Gasteiger partial charge in [0.15, 0.2) is 0 Å². The highest BCUT2D eigenvalue weighted by Crippen LogP contribution is 2.13. The summed E-state index contributed by atoms with van der Waals surface area (Å²) in [6, 6.07) is 0. The van der Waals surface area contributed by atoms with Crippen molar-refractivity contribution in [3.8, 4) is 0 Å². The fourth-order valence-electron chi connectivity index (χ4n) is 1.82. The molecule has 0 aliphatic carbocycles. The van der Waals surface area contributed by atoms with Crippen LogP contribution in [-0.2, 0) is 11.2 Å². The highest BCUT2D eigenvalue weighted by atomic mass is 32.1. The summed E-state index contributed by atoms with van der Waals surface area (Å²) in [5.41, 5.74) is 3.06. The summed E-state index contributed by atoms with van der Waals surface area (Å²) < 4.78 is 5.83. The summed E-state index contributed by atoms with van der Waals surface area (Å²) in [5, 5.41) is 3.41. The van der Waals surface area contributed by atoms with Gasteiger partial charge in [0, 0.05) is 11.3 Å². The van der Waals surface area contributed by atoms with E-state index >= 15 is 0 Å². The Kier molecular flexibility index (Phi) is 8.22. The third kappa shape index (κ3) is 6.47. The molecule has 1 heterocycles. The van der Waals surface area contributed by atoms with Crippen molar-refractivity contribution in [1.29, 1.82) is 0 Å². The molecule has 0 saturated heterocycles. The first-order valence-corrected chi connectivity index (χ1v) is 7.83. The molecule has 0 radical (unpaired) electrons. The van der Waals surface area contributed by atoms with Gasteiger partial charge in [0.05, 0.1) is 23.9 Å². The Morgan fingerprint density at radius 1 is 1.44 bits per heavy atom. The van der Waals surface area contributed by atoms with Gasteiger partial charge in [-0.15, -0.1) is 11.3 Å². The zero-order valence-electron chi connectivity index (χ0n) is 11.9. The summed E-state index contributed by atoms with van der Waals surface area (Å²) in [4.78, 5) is 5.60. The fraction of sp³-hybridized carbons (Fsp3) is 0.786. The summed E-state index contributed by atoms with van der Waals surface area (Å²) >= 11 is 1.73. The molecule has 0 bridgehead atoms. The monoisotopic (exact) mass is 270 g/mol. The summed E-state index contributed by atoms with van der Waals surface area (Å²) in [7, 11) is 0. The van der Waals surface area contributed by atoms with Gasteiger partial charge in [-0.2, -0.15) is 0 Å². The highest BCUT2D eigenvalue weighted by molar-refractivity contribution is 7.09. The highest BCUT2D eigenvalue weighted by Gasteiger charge is 2.04. The van der Waals surface area contributed by atoms with E-state index < -0.39 is 0 Å². The van der Waals surface area contributed by atoms with Gasteiger partial charge >= 0.3 is 0 Å². The molecule has 4 heteroatoms. The van der Waals surface area contributed by atoms with Gasteiger partial charge in [-0.05, 0) is 46.2 Å². The zero-order chi connectivity index (χ0) is 13.2. The molecule has 0 fully saturated rings. The molecule has 3 nitrogen and oxygen atoms in total. The Labute approximate surface area is 115 Å². The number of rotatable bonds is 10. The quantitative estimate of drug-likeness (QED) is 0.663. The standard InChI is InChI=1S/C14H26N2OS/c1-4-8-15-9-5-6-12(2)17-10-7-14-13(3)16-11-18-14/h11-12,15H,4-10H2,1-3H3. The SMILES string of the molecule is CCCNCCCC(C)OCCc1scnc1C. The van der Waals surface area contributed by atoms with Crippen LogP contribution < -0.4 is 5.32 Å². The van der Waals surface area contributed by atoms with Crippen LogP contribution in [0.3, 0.4) is 0 Å². The molecule has 1 N–H and O–H groups in total. The second-order valence-corrected chi connectivity index (χ2v) is 5.62. The van der Waals surface area contributed by atoms with Gasteiger partial charge in [0.1, 0.15) is 0 Å². The first-order chi connectivity index (χ1) is 8.74. The Morgan fingerprint density at radius 3 is 2.94 bits per heavy atom. The van der Waals surface area contributed by atoms with Crippen LogP contribution in [0.25, 0.3) is 0 Å². The maximum absolute atomic E-state index is 5.83. The summed E-state index contributed by atoms with van der Waals surface area (Å²) in [6.07, 6.45) is 4.90. The average molecular weight is 270 g/mol. The molecule has 0 aliphatic rings. The number of ether oxygens (including phenoxy) is 1. The predicted molar refractivity (Wildman–Crippen MR) is 78.4 cm³/mol. The molecular formula is C14H26N2OS. The predicted octanol–water partition coefficient (Wildman–Crippen LogP) is 3.18. The van der Waals surface area contributed by atoms with Crippen LogP contribution in [0.1, 0.15) is 43.7 Å². The molecule has 18 heavy (non-hydrogen) atoms. The molecule has 1 aromatic heterocycles. The Morgan fingerprint density at radius 2 is 2.28 bits per heavy atom. The number of nitrogens with zero attached hydrogens (tertiary/aromatic N) is 1. The lowest BCUT2D eigenvalue weighted by Crippen LogP contribution is -2.18. The molecule has 0 saturated carbocycles. The number of hydrogen-bond acceptors (Lipinski definition) is 4. The van der Waals surface area contributed by atoms with Crippen molar-refractivity contribution in [2.24, 2.45) is 0 Å². The van der Waals surface area contributed by atoms with E-state index in [1.54, 1.807) is 11.3 Å². The maximum Gasteiger partial charge on any atom is 0.0797 e. The Bertz CT molecular complexity index is 314. The van der Waals surface area contributed by atoms with Crippen molar-refractivity contribution in [2.75, 3.05) is 19.7 Å². The van der Waals surface area contributed by atoms with E-state index in [0.717, 1.165) is 38.2 Å². The molecule has 104 valence electrons. The lowest BCUT2D eigenvalue weighted by atomic mass is 10.2. The lowest BCUT2D eigenvalue weighted by Gasteiger charge is -2.12. The topological polar surface area (TPSA) is 34.1 Å². The van der Waals surface area contributed by atoms with Crippen LogP contribution in [0.5, 0.6) is 0 Å². The minimum Gasteiger partial charge on any atom is -0.378 e. The van der Waals surface area contributed by atoms with E-state index in [0.29, 0.717) is 6.10 Å². The number of thiazole rings is 1. The van der Waals surface area contributed by atoms with Crippen molar-refractivity contribution in [2.45, 2.75) is 52.6 Å². The van der Waals surface area contributed by atoms with E-state index in [2.05, 4.69) is 31.1 Å².